The fourth-order valence-corrected chi connectivity index (χ4v) is 13.7. The van der Waals surface area contributed by atoms with Crippen molar-refractivity contribution in [3.8, 4) is 0 Å². The molecule has 0 saturated carbocycles. The fraction of sp³-hybridized carbons (Fsp3) is 0.824. The van der Waals surface area contributed by atoms with E-state index in [4.69, 9.17) is 46.8 Å². The molecule has 0 spiro atoms. The first-order valence-corrected chi connectivity index (χ1v) is 27.0. The van der Waals surface area contributed by atoms with Crippen LogP contribution in [0.25, 0.3) is 0 Å². The van der Waals surface area contributed by atoms with Gasteiger partial charge in [0.25, 0.3) is 0 Å². The summed E-state index contributed by atoms with van der Waals surface area (Å²) >= 11 is 0. The number of hydrogen-bond acceptors (Lipinski definition) is 18. The number of ether oxygens (including phenoxy) is 9. The molecule has 23 atom stereocenters. The monoisotopic (exact) mass is 1020 g/mol. The average Bonchev–Trinajstić information content (AvgIpc) is 3.58. The number of carbonyl (C=O) groups excluding carboxylic acids is 1. The van der Waals surface area contributed by atoms with E-state index < -0.39 is 113 Å². The lowest BCUT2D eigenvalue weighted by Gasteiger charge is -2.54. The van der Waals surface area contributed by atoms with Crippen LogP contribution >= 0.6 is 0 Å². The summed E-state index contributed by atoms with van der Waals surface area (Å²) in [5.74, 6) is -2.50. The molecule has 71 heavy (non-hydrogen) atoms. The molecule has 6 N–H and O–H groups in total. The predicted octanol–water partition coefficient (Wildman–Crippen LogP) is 3.17. The third kappa shape index (κ3) is 11.3. The van der Waals surface area contributed by atoms with Gasteiger partial charge in [-0.1, -0.05) is 56.0 Å². The highest BCUT2D eigenvalue weighted by molar-refractivity contribution is 7.80. The zero-order valence-electron chi connectivity index (χ0n) is 41.3. The number of Topliss-reactive ketones (excluding diaryl/α,β-unsaturated/α-hetero) is 1. The van der Waals surface area contributed by atoms with Crippen LogP contribution in [0.5, 0.6) is 0 Å². The van der Waals surface area contributed by atoms with Crippen LogP contribution in [0.15, 0.2) is 49.1 Å². The SMILES string of the molecule is C=C/C=C/CCC(=O)CC(O)[C@]1(C)CC(=C)C[C@@]2(C)O[C@H]3C[C@H]4O[C@H]5CC[C@H]6O[C@H]7C=C[C@H]8O[C@H]9[C@H](OS(=O)(=O)O)[C@H](O)[C@@](O)(C[C@@H](O)CO)O[C@@H]9C[C@@H]8O[C@@H]7C[C@]6(C)O[C@@H]5CC[C@H](C)C4O[C@@H]3C[C@@H]2O1. The van der Waals surface area contributed by atoms with Crippen LogP contribution in [-0.4, -0.2) is 183 Å². The third-order valence-corrected chi connectivity index (χ3v) is 17.3. The van der Waals surface area contributed by atoms with E-state index in [2.05, 4.69) is 33.9 Å². The first kappa shape index (κ1) is 53.8. The Morgan fingerprint density at radius 1 is 0.817 bits per heavy atom. The molecule has 2 unspecified atom stereocenters. The summed E-state index contributed by atoms with van der Waals surface area (Å²) in [7, 11) is -5.16. The van der Waals surface area contributed by atoms with Crippen molar-refractivity contribution in [1.29, 1.82) is 0 Å². The van der Waals surface area contributed by atoms with Crippen molar-refractivity contribution in [3.63, 3.8) is 0 Å². The van der Waals surface area contributed by atoms with Crippen molar-refractivity contribution in [3.05, 3.63) is 49.1 Å². The number of rotatable bonds is 12. The number of fused-ring (bicyclic) bond motifs is 8. The molecular formula is C51H76O19S. The minimum atomic E-state index is -5.16. The van der Waals surface area contributed by atoms with Gasteiger partial charge in [-0.3, -0.25) is 9.35 Å². The summed E-state index contributed by atoms with van der Waals surface area (Å²) in [6, 6.07) is 0. The number of allylic oxidation sites excluding steroid dienone is 3. The second kappa shape index (κ2) is 20.8. The Bertz CT molecular complexity index is 2120. The van der Waals surface area contributed by atoms with Gasteiger partial charge >= 0.3 is 10.4 Å². The normalized spacial score (nSPS) is 48.6. The molecule has 8 saturated heterocycles. The lowest BCUT2D eigenvalue weighted by molar-refractivity contribution is -0.372. The lowest BCUT2D eigenvalue weighted by Crippen LogP contribution is -2.69. The summed E-state index contributed by atoms with van der Waals surface area (Å²) < 4.78 is 99.5. The molecular weight excluding hydrogens is 949 g/mol. The van der Waals surface area contributed by atoms with Gasteiger partial charge in [-0.15, -0.1) is 0 Å². The number of hydrogen-bond donors (Lipinski definition) is 6. The van der Waals surface area contributed by atoms with E-state index in [1.165, 1.54) is 0 Å². The molecule has 20 heteroatoms. The topological polar surface area (TPSA) is 265 Å². The van der Waals surface area contributed by atoms with Gasteiger partial charge < -0.3 is 68.2 Å². The van der Waals surface area contributed by atoms with E-state index in [0.717, 1.165) is 18.4 Å². The summed E-state index contributed by atoms with van der Waals surface area (Å²) in [5.41, 5.74) is -1.68. The first-order chi connectivity index (χ1) is 33.5. The van der Waals surface area contributed by atoms with E-state index in [0.29, 0.717) is 57.8 Å². The summed E-state index contributed by atoms with van der Waals surface area (Å²) in [5, 5.41) is 53.7. The Labute approximate surface area is 416 Å². The molecule has 0 aromatic rings. The molecule has 0 aromatic heterocycles. The standard InChI is InChI=1S/C51H76O19S/c1-7-8-9-10-11-29(53)18-41(55)48(4)22-27(2)23-49(5)43(69-48)21-36-37(67-49)20-38-44(65-36)28(3)12-13-34-31(61-38)16-17-42-50(6,66-34)25-40-33(63-42)15-14-32-35(62-40)19-39-45(64-32)46(70-71(58,59)60)47(56)51(57,68-39)24-30(54)26-52/h7-9,14-15,28,30-47,52,54-57H,1-2,10-13,16-26H2,3-6H3,(H,58,59,60)/b9-8+/t28-,30+,31-,32+,33-,34+,35-,36+,37-,38+,39+,40+,41?,42+,43-,44?,45+,46-,47-,48-,49+,50-,51+/m0/s1. The average molecular weight is 1030 g/mol. The molecule has 9 heterocycles. The minimum Gasteiger partial charge on any atom is -0.394 e. The van der Waals surface area contributed by atoms with Crippen LogP contribution in [0.4, 0.5) is 0 Å². The van der Waals surface area contributed by atoms with Crippen LogP contribution in [-0.2, 0) is 62.0 Å². The second-order valence-corrected chi connectivity index (χ2v) is 23.6. The molecule has 0 aliphatic carbocycles. The van der Waals surface area contributed by atoms with Crippen molar-refractivity contribution in [1.82, 2.24) is 0 Å². The Kier molecular flexibility index (Phi) is 15.8. The van der Waals surface area contributed by atoms with Crippen molar-refractivity contribution in [2.45, 2.75) is 250 Å². The van der Waals surface area contributed by atoms with Crippen LogP contribution in [0.3, 0.4) is 0 Å². The number of ketones is 1. The molecule has 400 valence electrons. The number of aliphatic hydroxyl groups excluding tert-OH is 4. The van der Waals surface area contributed by atoms with Gasteiger partial charge in [-0.2, -0.15) is 8.42 Å². The highest BCUT2D eigenvalue weighted by Crippen LogP contribution is 2.51. The van der Waals surface area contributed by atoms with Crippen molar-refractivity contribution >= 4 is 16.2 Å². The predicted molar refractivity (Wildman–Crippen MR) is 251 cm³/mol. The third-order valence-electron chi connectivity index (χ3n) is 16.8. The van der Waals surface area contributed by atoms with Crippen molar-refractivity contribution in [2.75, 3.05) is 6.61 Å². The number of carbonyl (C=O) groups is 1. The van der Waals surface area contributed by atoms with Crippen LogP contribution < -0.4 is 0 Å². The lowest BCUT2D eigenvalue weighted by atomic mass is 9.79. The summed E-state index contributed by atoms with van der Waals surface area (Å²) in [6.07, 6.45) is 0.851. The number of aliphatic hydroxyl groups is 5. The molecule has 8 fully saturated rings. The first-order valence-electron chi connectivity index (χ1n) is 25.7. The molecule has 9 aliphatic heterocycles. The van der Waals surface area contributed by atoms with Gasteiger partial charge in [-0.25, -0.2) is 4.18 Å². The van der Waals surface area contributed by atoms with Crippen molar-refractivity contribution in [2.24, 2.45) is 5.92 Å². The molecule has 0 bridgehead atoms. The molecule has 9 aliphatic rings. The molecule has 9 rings (SSSR count). The van der Waals surface area contributed by atoms with Crippen LogP contribution in [0, 0.1) is 5.92 Å². The summed E-state index contributed by atoms with van der Waals surface area (Å²) in [6.45, 7) is 15.4. The second-order valence-electron chi connectivity index (χ2n) is 22.5. The zero-order chi connectivity index (χ0) is 50.8. The van der Waals surface area contributed by atoms with Crippen molar-refractivity contribution < 1.29 is 90.1 Å². The van der Waals surface area contributed by atoms with E-state index in [9.17, 15) is 43.3 Å². The maximum absolute atomic E-state index is 12.9. The van der Waals surface area contributed by atoms with Gasteiger partial charge in [0.1, 0.15) is 36.3 Å². The highest BCUT2D eigenvalue weighted by atomic mass is 32.3. The Hall–Kier alpha value is -2.06. The van der Waals surface area contributed by atoms with Crippen LogP contribution in [0.1, 0.15) is 118 Å². The maximum Gasteiger partial charge on any atom is 0.397 e. The Morgan fingerprint density at radius 3 is 2.25 bits per heavy atom. The Morgan fingerprint density at radius 2 is 1.52 bits per heavy atom. The van der Waals surface area contributed by atoms with Crippen LogP contribution in [0.2, 0.25) is 0 Å². The highest BCUT2D eigenvalue weighted by Gasteiger charge is 2.62. The maximum atomic E-state index is 12.9. The molecule has 0 radical (unpaired) electrons. The largest absolute Gasteiger partial charge is 0.397 e. The minimum absolute atomic E-state index is 0.0163. The van der Waals surface area contributed by atoms with E-state index >= 15 is 0 Å². The fourth-order valence-electron chi connectivity index (χ4n) is 13.2. The van der Waals surface area contributed by atoms with E-state index in [-0.39, 0.29) is 67.3 Å². The quantitative estimate of drug-likeness (QED) is 0.0932. The van der Waals surface area contributed by atoms with E-state index in [1.54, 1.807) is 18.2 Å². The summed E-state index contributed by atoms with van der Waals surface area (Å²) in [4.78, 5) is 12.9. The van der Waals surface area contributed by atoms with Gasteiger partial charge in [0, 0.05) is 44.9 Å². The molecule has 0 aromatic carbocycles. The van der Waals surface area contributed by atoms with Gasteiger partial charge in [-0.05, 0) is 71.6 Å². The van der Waals surface area contributed by atoms with E-state index in [1.807, 2.05) is 19.1 Å². The Balaban J connectivity index is 0.860. The van der Waals surface area contributed by atoms with Gasteiger partial charge in [0.15, 0.2) is 5.79 Å². The van der Waals surface area contributed by atoms with Gasteiger partial charge in [0.2, 0.25) is 0 Å². The van der Waals surface area contributed by atoms with Gasteiger partial charge in [0.05, 0.1) is 103 Å². The smallest absolute Gasteiger partial charge is 0.394 e. The molecule has 0 amide bonds. The zero-order valence-corrected chi connectivity index (χ0v) is 42.1. The molecule has 19 nitrogen and oxygen atoms in total.